The normalized spacial score (nSPS) is 11.5. The van der Waals surface area contributed by atoms with Gasteiger partial charge in [-0.3, -0.25) is 4.72 Å². The van der Waals surface area contributed by atoms with Gasteiger partial charge in [-0.1, -0.05) is 24.3 Å². The minimum atomic E-state index is -4.04. The second kappa shape index (κ2) is 8.78. The van der Waals surface area contributed by atoms with Crippen LogP contribution < -0.4 is 14.8 Å². The maximum absolute atomic E-state index is 12.5. The van der Waals surface area contributed by atoms with E-state index in [0.29, 0.717) is 5.69 Å². The van der Waals surface area contributed by atoms with Crippen LogP contribution in [0.25, 0.3) is 0 Å². The standard InChI is InChI=1S/C21H21N3O5S2/c1-15-5-3-7-18(13-15)23-30(26,27)19-11-9-17(10-12-19)22-21(25)24-31(28,29)20-8-4-6-16(2)14-20/h3-14,23H,1-2H3,(H2,22,24,25). The molecule has 0 saturated carbocycles. The van der Waals surface area contributed by atoms with Gasteiger partial charge in [0.05, 0.1) is 9.79 Å². The molecule has 2 amide bonds. The number of anilines is 2. The van der Waals surface area contributed by atoms with E-state index in [9.17, 15) is 21.6 Å². The van der Waals surface area contributed by atoms with Gasteiger partial charge >= 0.3 is 6.03 Å². The molecule has 3 rings (SSSR count). The number of carbonyl (C=O) groups is 1. The van der Waals surface area contributed by atoms with Crippen LogP contribution in [0, 0.1) is 13.8 Å². The second-order valence-electron chi connectivity index (χ2n) is 6.88. The molecule has 162 valence electrons. The zero-order valence-corrected chi connectivity index (χ0v) is 18.4. The number of urea groups is 1. The van der Waals surface area contributed by atoms with E-state index in [1.54, 1.807) is 37.3 Å². The van der Waals surface area contributed by atoms with Gasteiger partial charge in [0.15, 0.2) is 0 Å². The highest BCUT2D eigenvalue weighted by Gasteiger charge is 2.18. The van der Waals surface area contributed by atoms with Crippen LogP contribution in [0.4, 0.5) is 16.2 Å². The molecule has 10 heteroatoms. The summed E-state index contributed by atoms with van der Waals surface area (Å²) in [4.78, 5) is 12.1. The molecule has 0 fully saturated rings. The van der Waals surface area contributed by atoms with E-state index in [1.165, 1.54) is 36.4 Å². The summed E-state index contributed by atoms with van der Waals surface area (Å²) < 4.78 is 54.1. The number of benzene rings is 3. The topological polar surface area (TPSA) is 121 Å². The smallest absolute Gasteiger partial charge is 0.307 e. The molecule has 0 bridgehead atoms. The molecule has 3 aromatic carbocycles. The minimum Gasteiger partial charge on any atom is -0.307 e. The summed E-state index contributed by atoms with van der Waals surface area (Å²) in [5.41, 5.74) is 2.31. The lowest BCUT2D eigenvalue weighted by atomic mass is 10.2. The first kappa shape index (κ1) is 22.3. The maximum atomic E-state index is 12.5. The van der Waals surface area contributed by atoms with Crippen molar-refractivity contribution in [2.45, 2.75) is 23.6 Å². The monoisotopic (exact) mass is 459 g/mol. The van der Waals surface area contributed by atoms with Crippen molar-refractivity contribution in [2.75, 3.05) is 10.0 Å². The highest BCUT2D eigenvalue weighted by Crippen LogP contribution is 2.19. The number of nitrogens with one attached hydrogen (secondary N) is 3. The number of carbonyl (C=O) groups excluding carboxylic acids is 1. The first-order valence-corrected chi connectivity index (χ1v) is 12.1. The van der Waals surface area contributed by atoms with Gasteiger partial charge in [-0.2, -0.15) is 0 Å². The van der Waals surface area contributed by atoms with Crippen LogP contribution in [0.5, 0.6) is 0 Å². The molecule has 0 aliphatic rings. The number of amides is 2. The summed E-state index contributed by atoms with van der Waals surface area (Å²) in [7, 11) is -7.86. The van der Waals surface area contributed by atoms with Crippen LogP contribution in [0.15, 0.2) is 82.6 Å². The molecular weight excluding hydrogens is 438 g/mol. The summed E-state index contributed by atoms with van der Waals surface area (Å²) in [5.74, 6) is 0. The molecule has 8 nitrogen and oxygen atoms in total. The van der Waals surface area contributed by atoms with Gasteiger partial charge in [0.25, 0.3) is 20.0 Å². The minimum absolute atomic E-state index is 0.00709. The van der Waals surface area contributed by atoms with Gasteiger partial charge in [-0.25, -0.2) is 26.4 Å². The molecule has 0 atom stereocenters. The van der Waals surface area contributed by atoms with E-state index >= 15 is 0 Å². The molecule has 0 aromatic heterocycles. The van der Waals surface area contributed by atoms with Crippen LogP contribution in [-0.4, -0.2) is 22.9 Å². The summed E-state index contributed by atoms with van der Waals surface area (Å²) in [6, 6.07) is 17.4. The number of hydrogen-bond acceptors (Lipinski definition) is 5. The lowest BCUT2D eigenvalue weighted by Gasteiger charge is -2.11. The fourth-order valence-corrected chi connectivity index (χ4v) is 4.82. The molecule has 0 spiro atoms. The predicted molar refractivity (Wildman–Crippen MR) is 119 cm³/mol. The van der Waals surface area contributed by atoms with Gasteiger partial charge in [0.1, 0.15) is 0 Å². The van der Waals surface area contributed by atoms with Crippen molar-refractivity contribution >= 4 is 37.5 Å². The lowest BCUT2D eigenvalue weighted by molar-refractivity contribution is 0.256. The summed E-state index contributed by atoms with van der Waals surface area (Å²) in [6.45, 7) is 3.59. The zero-order chi connectivity index (χ0) is 22.6. The highest BCUT2D eigenvalue weighted by atomic mass is 32.2. The Kier molecular flexibility index (Phi) is 6.32. The van der Waals surface area contributed by atoms with Gasteiger partial charge in [-0.05, 0) is 73.5 Å². The summed E-state index contributed by atoms with van der Waals surface area (Å²) in [6.07, 6.45) is 0. The predicted octanol–water partition coefficient (Wildman–Crippen LogP) is 3.61. The molecule has 31 heavy (non-hydrogen) atoms. The van der Waals surface area contributed by atoms with Crippen LogP contribution >= 0.6 is 0 Å². The third-order valence-electron chi connectivity index (χ3n) is 4.22. The van der Waals surface area contributed by atoms with Crippen molar-refractivity contribution in [3.63, 3.8) is 0 Å². The van der Waals surface area contributed by atoms with Crippen molar-refractivity contribution < 1.29 is 21.6 Å². The number of aryl methyl sites for hydroxylation is 2. The Morgan fingerprint density at radius 1 is 0.677 bits per heavy atom. The Hall–Kier alpha value is -3.37. The Labute approximate surface area is 181 Å². The highest BCUT2D eigenvalue weighted by molar-refractivity contribution is 7.92. The Balaban J connectivity index is 1.68. The quantitative estimate of drug-likeness (QED) is 0.520. The van der Waals surface area contributed by atoms with Gasteiger partial charge in [0.2, 0.25) is 0 Å². The summed E-state index contributed by atoms with van der Waals surface area (Å²) in [5, 5.41) is 2.37. The average Bonchev–Trinajstić information content (AvgIpc) is 2.67. The largest absolute Gasteiger partial charge is 0.333 e. The zero-order valence-electron chi connectivity index (χ0n) is 16.8. The van der Waals surface area contributed by atoms with Crippen molar-refractivity contribution in [1.82, 2.24) is 4.72 Å². The van der Waals surface area contributed by atoms with Crippen LogP contribution in [-0.2, 0) is 20.0 Å². The Morgan fingerprint density at radius 3 is 1.90 bits per heavy atom. The molecule has 0 aliphatic heterocycles. The third-order valence-corrected chi connectivity index (χ3v) is 6.95. The molecule has 0 saturated heterocycles. The molecule has 3 N–H and O–H groups in total. The van der Waals surface area contributed by atoms with Crippen molar-refractivity contribution in [2.24, 2.45) is 0 Å². The molecule has 0 unspecified atom stereocenters. The van der Waals surface area contributed by atoms with E-state index in [1.807, 2.05) is 17.7 Å². The van der Waals surface area contributed by atoms with E-state index < -0.39 is 26.1 Å². The second-order valence-corrected chi connectivity index (χ2v) is 10.2. The molecule has 0 heterocycles. The number of rotatable bonds is 6. The van der Waals surface area contributed by atoms with E-state index in [-0.39, 0.29) is 15.5 Å². The Morgan fingerprint density at radius 2 is 1.29 bits per heavy atom. The van der Waals surface area contributed by atoms with Gasteiger partial charge in [0, 0.05) is 11.4 Å². The van der Waals surface area contributed by atoms with Crippen molar-refractivity contribution in [1.29, 1.82) is 0 Å². The average molecular weight is 460 g/mol. The molecule has 3 aromatic rings. The van der Waals surface area contributed by atoms with E-state index in [2.05, 4.69) is 10.0 Å². The third kappa shape index (κ3) is 5.83. The van der Waals surface area contributed by atoms with Crippen LogP contribution in [0.2, 0.25) is 0 Å². The maximum Gasteiger partial charge on any atom is 0.333 e. The van der Waals surface area contributed by atoms with Crippen molar-refractivity contribution in [3.05, 3.63) is 83.9 Å². The molecule has 0 aliphatic carbocycles. The lowest BCUT2D eigenvalue weighted by Crippen LogP contribution is -2.34. The first-order valence-electron chi connectivity index (χ1n) is 9.15. The van der Waals surface area contributed by atoms with Gasteiger partial charge in [-0.15, -0.1) is 0 Å². The summed E-state index contributed by atoms with van der Waals surface area (Å²) >= 11 is 0. The fourth-order valence-electron chi connectivity index (χ4n) is 2.76. The van der Waals surface area contributed by atoms with Crippen LogP contribution in [0.1, 0.15) is 11.1 Å². The van der Waals surface area contributed by atoms with Gasteiger partial charge < -0.3 is 5.32 Å². The van der Waals surface area contributed by atoms with E-state index in [4.69, 9.17) is 0 Å². The fraction of sp³-hybridized carbons (Fsp3) is 0.0952. The molecule has 0 radical (unpaired) electrons. The number of hydrogen-bond donors (Lipinski definition) is 3. The van der Waals surface area contributed by atoms with E-state index in [0.717, 1.165) is 11.1 Å². The SMILES string of the molecule is Cc1cccc(NS(=O)(=O)c2ccc(NC(=O)NS(=O)(=O)c3cccc(C)c3)cc2)c1. The molecular formula is C21H21N3O5S2. The van der Waals surface area contributed by atoms with Crippen LogP contribution in [0.3, 0.4) is 0 Å². The Bertz CT molecular complexity index is 1320. The first-order chi connectivity index (χ1) is 14.5. The number of sulfonamides is 2. The van der Waals surface area contributed by atoms with Crippen molar-refractivity contribution in [3.8, 4) is 0 Å².